The zero-order valence-corrected chi connectivity index (χ0v) is 14.1. The summed E-state index contributed by atoms with van der Waals surface area (Å²) >= 11 is 10.4. The lowest BCUT2D eigenvalue weighted by Crippen LogP contribution is -2.16. The van der Waals surface area contributed by atoms with E-state index in [0.717, 1.165) is 0 Å². The lowest BCUT2D eigenvalue weighted by atomic mass is 10.1. The van der Waals surface area contributed by atoms with Gasteiger partial charge < -0.3 is 5.11 Å². The van der Waals surface area contributed by atoms with Crippen LogP contribution < -0.4 is 0 Å². The zero-order valence-electron chi connectivity index (χ0n) is 12.6. The number of carbonyl (C=O) groups is 5. The molecule has 0 saturated carbocycles. The third-order valence-corrected chi connectivity index (χ3v) is 2.73. The van der Waals surface area contributed by atoms with Gasteiger partial charge in [-0.15, -0.1) is 23.2 Å². The third kappa shape index (κ3) is 16.9. The van der Waals surface area contributed by atoms with E-state index in [1.54, 1.807) is 0 Å². The summed E-state index contributed by atoms with van der Waals surface area (Å²) in [6, 6.07) is 0. The molecule has 0 aliphatic rings. The van der Waals surface area contributed by atoms with Crippen LogP contribution in [0.3, 0.4) is 0 Å². The van der Waals surface area contributed by atoms with E-state index in [9.17, 15) is 24.0 Å². The van der Waals surface area contributed by atoms with Crippen LogP contribution in [0.4, 0.5) is 0 Å². The van der Waals surface area contributed by atoms with E-state index in [1.165, 1.54) is 13.8 Å². The summed E-state index contributed by atoms with van der Waals surface area (Å²) in [7, 11) is 0. The second-order valence-corrected chi connectivity index (χ2v) is 5.27. The van der Waals surface area contributed by atoms with Crippen LogP contribution in [0.1, 0.15) is 39.5 Å². The van der Waals surface area contributed by atoms with Gasteiger partial charge in [-0.3, -0.25) is 24.0 Å². The minimum atomic E-state index is -0.816. The van der Waals surface area contributed by atoms with Crippen molar-refractivity contribution >= 4 is 52.1 Å². The molecule has 0 heterocycles. The van der Waals surface area contributed by atoms with Crippen molar-refractivity contribution in [1.29, 1.82) is 0 Å². The molecule has 0 bridgehead atoms. The molecule has 0 unspecified atom stereocenters. The summed E-state index contributed by atoms with van der Waals surface area (Å²) in [5, 5.41) is 8.88. The lowest BCUT2D eigenvalue weighted by molar-refractivity contribution is -0.130. The number of hydrogen-bond acceptors (Lipinski definition) is 6. The van der Waals surface area contributed by atoms with Gasteiger partial charge >= 0.3 is 0 Å². The molecule has 0 aliphatic heterocycles. The molecule has 126 valence electrons. The molecule has 22 heavy (non-hydrogen) atoms. The van der Waals surface area contributed by atoms with E-state index in [4.69, 9.17) is 28.3 Å². The molecule has 1 N–H and O–H groups in total. The van der Waals surface area contributed by atoms with Crippen molar-refractivity contribution in [2.24, 2.45) is 0 Å². The Kier molecular flexibility index (Phi) is 14.3. The smallest absolute Gasteiger partial charge is 0.154 e. The number of rotatable bonds is 10. The Balaban J connectivity index is 0. The van der Waals surface area contributed by atoms with E-state index in [1.807, 2.05) is 0 Å². The summed E-state index contributed by atoms with van der Waals surface area (Å²) in [5.74, 6) is -1.49. The lowest BCUT2D eigenvalue weighted by Gasteiger charge is -2.02. The molecule has 0 saturated heterocycles. The fourth-order valence-corrected chi connectivity index (χ4v) is 1.48. The predicted molar refractivity (Wildman–Crippen MR) is 82.3 cm³/mol. The summed E-state index contributed by atoms with van der Waals surface area (Å²) in [6.45, 7) is 2.65. The number of aliphatic hydroxyl groups is 1. The summed E-state index contributed by atoms with van der Waals surface area (Å²) < 4.78 is 0. The molecule has 6 nitrogen and oxygen atoms in total. The van der Waals surface area contributed by atoms with Gasteiger partial charge in [-0.05, 0) is 13.8 Å². The molecule has 0 rings (SSSR count). The highest BCUT2D eigenvalue weighted by Gasteiger charge is 2.11. The van der Waals surface area contributed by atoms with Crippen molar-refractivity contribution in [3.8, 4) is 0 Å². The van der Waals surface area contributed by atoms with Crippen molar-refractivity contribution in [1.82, 2.24) is 0 Å². The maximum Gasteiger partial charge on any atom is 0.154 e. The topological polar surface area (TPSA) is 106 Å². The van der Waals surface area contributed by atoms with Gasteiger partial charge in [0, 0.05) is 12.3 Å². The maximum atomic E-state index is 10.8. The van der Waals surface area contributed by atoms with Gasteiger partial charge in [-0.1, -0.05) is 0 Å². The molecule has 0 aliphatic carbocycles. The number of hydrogen-bond donors (Lipinski definition) is 1. The van der Waals surface area contributed by atoms with Crippen LogP contribution in [0, 0.1) is 0 Å². The Bertz CT molecular complexity index is 420. The maximum absolute atomic E-state index is 10.8. The van der Waals surface area contributed by atoms with Crippen LogP contribution in [-0.2, 0) is 24.0 Å². The molecule has 0 aromatic heterocycles. The Morgan fingerprint density at radius 2 is 1.27 bits per heavy atom. The van der Waals surface area contributed by atoms with E-state index in [2.05, 4.69) is 0 Å². The predicted octanol–water partition coefficient (Wildman–Crippen LogP) is 1.26. The molecule has 8 heteroatoms. The van der Waals surface area contributed by atoms with E-state index in [-0.39, 0.29) is 66.4 Å². The number of aliphatic hydroxyl groups excluding tert-OH is 1. The first kappa shape index (κ1) is 23.2. The van der Waals surface area contributed by atoms with Gasteiger partial charge in [-0.2, -0.15) is 0 Å². The standard InChI is InChI=1S/C7H11ClO3.C7H9ClO3/c2*1-5(9)2-6(10)3-7(11)4-8/h7,11H,2-4H2,1H3;2-4H2,1H3/t7-;/m0./s1. The van der Waals surface area contributed by atoms with Crippen LogP contribution in [-0.4, -0.2) is 51.9 Å². The largest absolute Gasteiger partial charge is 0.391 e. The van der Waals surface area contributed by atoms with Crippen LogP contribution in [0.25, 0.3) is 0 Å². The van der Waals surface area contributed by atoms with Gasteiger partial charge in [-0.25, -0.2) is 0 Å². The summed E-state index contributed by atoms with van der Waals surface area (Å²) in [4.78, 5) is 52.8. The fourth-order valence-electron chi connectivity index (χ4n) is 1.27. The first-order chi connectivity index (χ1) is 10.1. The van der Waals surface area contributed by atoms with Crippen molar-refractivity contribution < 1.29 is 29.1 Å². The number of alkyl halides is 2. The number of carbonyl (C=O) groups excluding carboxylic acids is 5. The van der Waals surface area contributed by atoms with Crippen molar-refractivity contribution in [2.45, 2.75) is 45.6 Å². The molecule has 0 amide bonds. The average molecular weight is 355 g/mol. The Hall–Kier alpha value is -1.11. The SMILES string of the molecule is CC(=O)CC(=O)CC(=O)CCl.CC(=O)CC(=O)C[C@H](O)CCl. The second-order valence-electron chi connectivity index (χ2n) is 4.70. The Morgan fingerprint density at radius 3 is 1.64 bits per heavy atom. The highest BCUT2D eigenvalue weighted by Crippen LogP contribution is 1.99. The molecule has 0 aromatic rings. The molecular weight excluding hydrogens is 335 g/mol. The summed E-state index contributed by atoms with van der Waals surface area (Å²) in [6.07, 6.45) is -1.33. The molecule has 0 radical (unpaired) electrons. The number of halogens is 2. The van der Waals surface area contributed by atoms with Gasteiger partial charge in [0.2, 0.25) is 0 Å². The van der Waals surface area contributed by atoms with Crippen molar-refractivity contribution in [3.05, 3.63) is 0 Å². The van der Waals surface area contributed by atoms with Crippen LogP contribution in [0.2, 0.25) is 0 Å². The van der Waals surface area contributed by atoms with Crippen molar-refractivity contribution in [3.63, 3.8) is 0 Å². The fraction of sp³-hybridized carbons (Fsp3) is 0.643. The quantitative estimate of drug-likeness (QED) is 0.467. The second kappa shape index (κ2) is 13.5. The van der Waals surface area contributed by atoms with Gasteiger partial charge in [0.25, 0.3) is 0 Å². The van der Waals surface area contributed by atoms with E-state index in [0.29, 0.717) is 0 Å². The van der Waals surface area contributed by atoms with E-state index >= 15 is 0 Å². The van der Waals surface area contributed by atoms with Crippen LogP contribution in [0.5, 0.6) is 0 Å². The van der Waals surface area contributed by atoms with Crippen LogP contribution >= 0.6 is 23.2 Å². The minimum absolute atomic E-state index is 0.0247. The normalized spacial score (nSPS) is 11.0. The van der Waals surface area contributed by atoms with E-state index < -0.39 is 6.10 Å². The first-order valence-electron chi connectivity index (χ1n) is 6.46. The first-order valence-corrected chi connectivity index (χ1v) is 7.53. The monoisotopic (exact) mass is 354 g/mol. The Labute approximate surface area is 139 Å². The Morgan fingerprint density at radius 1 is 0.818 bits per heavy atom. The summed E-state index contributed by atoms with van der Waals surface area (Å²) in [5.41, 5.74) is 0. The third-order valence-electron chi connectivity index (χ3n) is 2.08. The van der Waals surface area contributed by atoms with Gasteiger partial charge in [0.15, 0.2) is 5.78 Å². The highest BCUT2D eigenvalue weighted by atomic mass is 35.5. The van der Waals surface area contributed by atoms with Gasteiger partial charge in [0.05, 0.1) is 31.2 Å². The number of ketones is 5. The molecule has 0 aromatic carbocycles. The zero-order chi connectivity index (χ0) is 17.7. The van der Waals surface area contributed by atoms with Crippen LogP contribution in [0.15, 0.2) is 0 Å². The molecule has 0 fully saturated rings. The number of Topliss-reactive ketones (excluding diaryl/α,β-unsaturated/α-hetero) is 5. The van der Waals surface area contributed by atoms with Gasteiger partial charge in [0.1, 0.15) is 23.1 Å². The molecule has 0 spiro atoms. The molecule has 1 atom stereocenters. The molecular formula is C14H20Cl2O6. The van der Waals surface area contributed by atoms with Crippen molar-refractivity contribution in [2.75, 3.05) is 11.8 Å². The highest BCUT2D eigenvalue weighted by molar-refractivity contribution is 6.29. The average Bonchev–Trinajstić information content (AvgIpc) is 2.36. The minimum Gasteiger partial charge on any atom is -0.391 e.